The van der Waals surface area contributed by atoms with Crippen LogP contribution in [0.2, 0.25) is 0 Å². The molecule has 3 heteroatoms. The van der Waals surface area contributed by atoms with E-state index in [1.807, 2.05) is 0 Å². The predicted molar refractivity (Wildman–Crippen MR) is 99.0 cm³/mol. The minimum absolute atomic E-state index is 0.215. The third kappa shape index (κ3) is 3.67. The fraction of sp³-hybridized carbons (Fsp3) is 0.667. The number of rotatable bonds is 6. The molecule has 0 amide bonds. The Kier molecular flexibility index (Phi) is 6.38. The van der Waals surface area contributed by atoms with Crippen molar-refractivity contribution < 1.29 is 5.11 Å². The molecule has 0 aliphatic carbocycles. The molecule has 2 atom stereocenters. The minimum Gasteiger partial charge on any atom is -0.506 e. The summed E-state index contributed by atoms with van der Waals surface area (Å²) in [6, 6.07) is 4.12. The van der Waals surface area contributed by atoms with Crippen molar-refractivity contribution in [1.82, 2.24) is 0 Å². The summed E-state index contributed by atoms with van der Waals surface area (Å²) in [6.45, 7) is 14.0. The van der Waals surface area contributed by atoms with Gasteiger partial charge in [-0.2, -0.15) is 0 Å². The maximum atomic E-state index is 9.93. The SMILES string of the molecule is CCCC(C)(C(C)c1cc(Br)c(O)c(Br)c1)C(C)(C)CC. The monoisotopic (exact) mass is 418 g/mol. The van der Waals surface area contributed by atoms with Crippen molar-refractivity contribution in [3.63, 3.8) is 0 Å². The number of aromatic hydroxyl groups is 1. The van der Waals surface area contributed by atoms with Gasteiger partial charge in [0.2, 0.25) is 0 Å². The summed E-state index contributed by atoms with van der Waals surface area (Å²) in [5.41, 5.74) is 1.75. The van der Waals surface area contributed by atoms with Crippen LogP contribution >= 0.6 is 31.9 Å². The summed E-state index contributed by atoms with van der Waals surface area (Å²) in [5.74, 6) is 0.693. The molecule has 1 N–H and O–H groups in total. The second-order valence-electron chi connectivity index (χ2n) is 6.96. The summed E-state index contributed by atoms with van der Waals surface area (Å²) in [6.07, 6.45) is 3.55. The second kappa shape index (κ2) is 7.04. The van der Waals surface area contributed by atoms with Gasteiger partial charge in [-0.15, -0.1) is 0 Å². The first-order valence-corrected chi connectivity index (χ1v) is 9.37. The smallest absolute Gasteiger partial charge is 0.143 e. The average molecular weight is 420 g/mol. The number of phenolic OH excluding ortho intramolecular Hbond substituents is 1. The van der Waals surface area contributed by atoms with Gasteiger partial charge in [0.1, 0.15) is 5.75 Å². The molecule has 0 aromatic heterocycles. The van der Waals surface area contributed by atoms with Gasteiger partial charge in [0, 0.05) is 0 Å². The van der Waals surface area contributed by atoms with E-state index >= 15 is 0 Å². The normalized spacial score (nSPS) is 16.6. The van der Waals surface area contributed by atoms with Crippen LogP contribution in [-0.4, -0.2) is 5.11 Å². The van der Waals surface area contributed by atoms with Crippen LogP contribution in [0.1, 0.15) is 72.3 Å². The van der Waals surface area contributed by atoms with Gasteiger partial charge in [0.05, 0.1) is 8.95 Å². The first kappa shape index (κ1) is 19.0. The molecule has 0 fully saturated rings. The highest BCUT2D eigenvalue weighted by Gasteiger charge is 2.43. The van der Waals surface area contributed by atoms with E-state index < -0.39 is 0 Å². The van der Waals surface area contributed by atoms with Gasteiger partial charge in [0.25, 0.3) is 0 Å². The van der Waals surface area contributed by atoms with Crippen LogP contribution in [0.3, 0.4) is 0 Å². The van der Waals surface area contributed by atoms with Crippen molar-refractivity contribution in [1.29, 1.82) is 0 Å². The molecule has 0 aliphatic heterocycles. The lowest BCUT2D eigenvalue weighted by atomic mass is 9.56. The van der Waals surface area contributed by atoms with E-state index in [0.29, 0.717) is 5.92 Å². The highest BCUT2D eigenvalue weighted by atomic mass is 79.9. The Labute approximate surface area is 146 Å². The van der Waals surface area contributed by atoms with E-state index in [4.69, 9.17) is 0 Å². The number of hydrogen-bond acceptors (Lipinski definition) is 1. The van der Waals surface area contributed by atoms with E-state index in [1.54, 1.807) is 0 Å². The Morgan fingerprint density at radius 2 is 1.57 bits per heavy atom. The molecule has 0 aliphatic rings. The molecule has 1 nitrogen and oxygen atoms in total. The summed E-state index contributed by atoms with van der Waals surface area (Å²) in [5, 5.41) is 9.93. The Hall–Kier alpha value is -0.0200. The van der Waals surface area contributed by atoms with Crippen molar-refractivity contribution in [2.75, 3.05) is 0 Å². The molecular formula is C18H28Br2O. The molecule has 1 aromatic rings. The molecule has 0 spiro atoms. The molecule has 0 radical (unpaired) electrons. The van der Waals surface area contributed by atoms with Crippen LogP contribution in [0.4, 0.5) is 0 Å². The van der Waals surface area contributed by atoms with Crippen molar-refractivity contribution in [2.45, 2.75) is 66.7 Å². The molecule has 1 aromatic carbocycles. The minimum atomic E-state index is 0.215. The molecule has 1 rings (SSSR count). The van der Waals surface area contributed by atoms with Crippen molar-refractivity contribution >= 4 is 31.9 Å². The van der Waals surface area contributed by atoms with Crippen LogP contribution < -0.4 is 0 Å². The standard InChI is InChI=1S/C18H28Br2O/c1-7-9-18(6,17(4,5)8-2)12(3)13-10-14(19)16(21)15(20)11-13/h10-12,21H,7-9H2,1-6H3. The molecule has 120 valence electrons. The van der Waals surface area contributed by atoms with Crippen LogP contribution in [-0.2, 0) is 0 Å². The largest absolute Gasteiger partial charge is 0.506 e. The van der Waals surface area contributed by atoms with Gasteiger partial charge in [0.15, 0.2) is 0 Å². The van der Waals surface area contributed by atoms with Crippen molar-refractivity contribution in [3.05, 3.63) is 26.6 Å². The lowest BCUT2D eigenvalue weighted by Gasteiger charge is -2.49. The Bertz CT molecular complexity index is 473. The van der Waals surface area contributed by atoms with Crippen LogP contribution in [0.5, 0.6) is 5.75 Å². The molecule has 0 bridgehead atoms. The molecule has 0 saturated carbocycles. The fourth-order valence-electron chi connectivity index (χ4n) is 3.27. The maximum Gasteiger partial charge on any atom is 0.143 e. The summed E-state index contributed by atoms with van der Waals surface area (Å²) >= 11 is 6.92. The summed E-state index contributed by atoms with van der Waals surface area (Å²) in [4.78, 5) is 0. The highest BCUT2D eigenvalue weighted by Crippen LogP contribution is 2.54. The van der Waals surface area contributed by atoms with E-state index in [2.05, 4.69) is 85.5 Å². The van der Waals surface area contributed by atoms with Crippen molar-refractivity contribution in [3.8, 4) is 5.75 Å². The number of benzene rings is 1. The van der Waals surface area contributed by atoms with Crippen LogP contribution in [0.15, 0.2) is 21.1 Å². The highest BCUT2D eigenvalue weighted by molar-refractivity contribution is 9.11. The number of halogens is 2. The van der Waals surface area contributed by atoms with Crippen LogP contribution in [0.25, 0.3) is 0 Å². The van der Waals surface area contributed by atoms with Gasteiger partial charge < -0.3 is 5.11 Å². The fourth-order valence-corrected chi connectivity index (χ4v) is 4.49. The van der Waals surface area contributed by atoms with Gasteiger partial charge in [-0.25, -0.2) is 0 Å². The molecule has 21 heavy (non-hydrogen) atoms. The zero-order valence-electron chi connectivity index (χ0n) is 14.1. The first-order chi connectivity index (χ1) is 9.60. The van der Waals surface area contributed by atoms with E-state index in [9.17, 15) is 5.11 Å². The molecule has 0 saturated heterocycles. The Morgan fingerprint density at radius 3 is 1.95 bits per heavy atom. The molecule has 2 unspecified atom stereocenters. The van der Waals surface area contributed by atoms with Crippen molar-refractivity contribution in [2.24, 2.45) is 10.8 Å². The average Bonchev–Trinajstić information content (AvgIpc) is 2.43. The lowest BCUT2D eigenvalue weighted by Crippen LogP contribution is -2.39. The topological polar surface area (TPSA) is 20.2 Å². The third-order valence-corrected chi connectivity index (χ3v) is 6.90. The first-order valence-electron chi connectivity index (χ1n) is 7.78. The second-order valence-corrected chi connectivity index (χ2v) is 8.67. The zero-order valence-corrected chi connectivity index (χ0v) is 17.2. The number of phenols is 1. The van der Waals surface area contributed by atoms with Gasteiger partial charge in [-0.1, -0.05) is 54.4 Å². The summed E-state index contributed by atoms with van der Waals surface area (Å²) in [7, 11) is 0. The number of hydrogen-bond donors (Lipinski definition) is 1. The quantitative estimate of drug-likeness (QED) is 0.514. The molecular weight excluding hydrogens is 392 g/mol. The van der Waals surface area contributed by atoms with Gasteiger partial charge >= 0.3 is 0 Å². The van der Waals surface area contributed by atoms with E-state index in [1.165, 1.54) is 18.4 Å². The van der Waals surface area contributed by atoms with Gasteiger partial charge in [-0.3, -0.25) is 0 Å². The Morgan fingerprint density at radius 1 is 1.10 bits per heavy atom. The van der Waals surface area contributed by atoms with E-state index in [0.717, 1.165) is 15.4 Å². The lowest BCUT2D eigenvalue weighted by molar-refractivity contribution is 0.0458. The Balaban J connectivity index is 3.33. The summed E-state index contributed by atoms with van der Waals surface area (Å²) < 4.78 is 1.51. The predicted octanol–water partition coefficient (Wildman–Crippen LogP) is 7.26. The third-order valence-electron chi connectivity index (χ3n) is 5.69. The maximum absolute atomic E-state index is 9.93. The van der Waals surface area contributed by atoms with Gasteiger partial charge in [-0.05, 0) is 72.7 Å². The van der Waals surface area contributed by atoms with Crippen LogP contribution in [0, 0.1) is 10.8 Å². The zero-order chi connectivity index (χ0) is 16.4. The van der Waals surface area contributed by atoms with E-state index in [-0.39, 0.29) is 16.6 Å². The molecule has 0 heterocycles.